The Bertz CT molecular complexity index is 64.4. The van der Waals surface area contributed by atoms with Crippen LogP contribution in [0.2, 0.25) is 0 Å². The van der Waals surface area contributed by atoms with Gasteiger partial charge in [-0.3, -0.25) is 0 Å². The summed E-state index contributed by atoms with van der Waals surface area (Å²) < 4.78 is 0. The lowest BCUT2D eigenvalue weighted by atomic mass is 10.8. The average Bonchev–Trinajstić information content (AvgIpc) is 1.81. The zero-order valence-corrected chi connectivity index (χ0v) is 3.94. The SMILES string of the molecule is O=NOCCON=O. The first kappa shape index (κ1) is 6.80. The molecule has 6 nitrogen and oxygen atoms in total. The molecule has 0 aliphatic heterocycles. The fourth-order valence-electron chi connectivity index (χ4n) is 0.149. The molecule has 0 saturated carbocycles. The minimum absolute atomic E-state index is 0.0464. The Hall–Kier alpha value is -1.20. The zero-order valence-electron chi connectivity index (χ0n) is 3.94. The summed E-state index contributed by atoms with van der Waals surface area (Å²) in [6, 6.07) is 0. The molecule has 0 aromatic heterocycles. The molecule has 0 unspecified atom stereocenters. The van der Waals surface area contributed by atoms with Crippen LogP contribution in [0.5, 0.6) is 0 Å². The summed E-state index contributed by atoms with van der Waals surface area (Å²) in [6.07, 6.45) is 0. The van der Waals surface area contributed by atoms with Crippen LogP contribution in [0.1, 0.15) is 0 Å². The van der Waals surface area contributed by atoms with E-state index in [9.17, 15) is 0 Å². The van der Waals surface area contributed by atoms with Gasteiger partial charge in [0.15, 0.2) is 23.9 Å². The lowest BCUT2D eigenvalue weighted by Gasteiger charge is -1.89. The molecule has 8 heavy (non-hydrogen) atoms. The average molecular weight is 120 g/mol. The van der Waals surface area contributed by atoms with Gasteiger partial charge in [-0.25, -0.2) is 0 Å². The molecule has 0 aromatic carbocycles. The highest BCUT2D eigenvalue weighted by atomic mass is 16.8. The van der Waals surface area contributed by atoms with Crippen molar-refractivity contribution in [3.8, 4) is 0 Å². The molecule has 0 aromatic rings. The molecule has 0 rings (SSSR count). The summed E-state index contributed by atoms with van der Waals surface area (Å²) in [5, 5.41) is 4.07. The topological polar surface area (TPSA) is 77.3 Å². The Morgan fingerprint density at radius 2 is 1.38 bits per heavy atom. The van der Waals surface area contributed by atoms with Crippen molar-refractivity contribution in [1.82, 2.24) is 0 Å². The van der Waals surface area contributed by atoms with E-state index in [1.54, 1.807) is 0 Å². The Morgan fingerprint density at radius 1 is 1.00 bits per heavy atom. The second-order valence-electron chi connectivity index (χ2n) is 0.816. The van der Waals surface area contributed by atoms with Crippen LogP contribution in [0.15, 0.2) is 10.7 Å². The van der Waals surface area contributed by atoms with E-state index in [1.165, 1.54) is 0 Å². The van der Waals surface area contributed by atoms with Gasteiger partial charge < -0.3 is 9.68 Å². The standard InChI is InChI=1S/C2H4N2O4/c5-3-7-1-2-8-4-6/h1-2H2. The quantitative estimate of drug-likeness (QED) is 0.298. The van der Waals surface area contributed by atoms with E-state index >= 15 is 0 Å². The minimum atomic E-state index is -0.0464. The second kappa shape index (κ2) is 5.80. The maximum atomic E-state index is 9.13. The molecule has 0 amide bonds. The van der Waals surface area contributed by atoms with Gasteiger partial charge in [0.25, 0.3) is 0 Å². The van der Waals surface area contributed by atoms with Crippen LogP contribution in [-0.2, 0) is 9.68 Å². The Balaban J connectivity index is 2.71. The first-order chi connectivity index (χ1) is 3.91. The smallest absolute Gasteiger partial charge is 0.157 e. The van der Waals surface area contributed by atoms with Crippen molar-refractivity contribution in [1.29, 1.82) is 0 Å². The summed E-state index contributed by atoms with van der Waals surface area (Å²) in [5.41, 5.74) is 0. The normalized spacial score (nSPS) is 7.50. The van der Waals surface area contributed by atoms with Gasteiger partial charge in [0, 0.05) is 0 Å². The van der Waals surface area contributed by atoms with E-state index < -0.39 is 0 Å². The van der Waals surface area contributed by atoms with Crippen molar-refractivity contribution in [3.63, 3.8) is 0 Å². The highest BCUT2D eigenvalue weighted by molar-refractivity contribution is 4.20. The third kappa shape index (κ3) is 4.80. The van der Waals surface area contributed by atoms with Gasteiger partial charge in [0.05, 0.1) is 0 Å². The van der Waals surface area contributed by atoms with E-state index in [4.69, 9.17) is 9.81 Å². The summed E-state index contributed by atoms with van der Waals surface area (Å²) in [7, 11) is 0. The summed E-state index contributed by atoms with van der Waals surface area (Å²) in [6.45, 7) is -0.0928. The third-order valence-electron chi connectivity index (χ3n) is 0.371. The van der Waals surface area contributed by atoms with Crippen molar-refractivity contribution in [2.45, 2.75) is 0 Å². The second-order valence-corrected chi connectivity index (χ2v) is 0.816. The number of hydrogen-bond donors (Lipinski definition) is 0. The fraction of sp³-hybridized carbons (Fsp3) is 1.00. The van der Waals surface area contributed by atoms with Crippen LogP contribution in [0.3, 0.4) is 0 Å². The molecule has 0 heterocycles. The maximum Gasteiger partial charge on any atom is 0.157 e. The van der Waals surface area contributed by atoms with Crippen molar-refractivity contribution in [2.24, 2.45) is 10.7 Å². The molecule has 0 spiro atoms. The first-order valence-corrected chi connectivity index (χ1v) is 1.81. The van der Waals surface area contributed by atoms with Crippen LogP contribution in [0.4, 0.5) is 0 Å². The van der Waals surface area contributed by atoms with Crippen molar-refractivity contribution < 1.29 is 9.68 Å². The van der Waals surface area contributed by atoms with E-state index in [0.717, 1.165) is 0 Å². The fourth-order valence-corrected chi connectivity index (χ4v) is 0.149. The molecule has 0 N–H and O–H groups in total. The largest absolute Gasteiger partial charge is 0.360 e. The van der Waals surface area contributed by atoms with E-state index in [0.29, 0.717) is 0 Å². The van der Waals surface area contributed by atoms with Crippen molar-refractivity contribution in [2.75, 3.05) is 13.2 Å². The van der Waals surface area contributed by atoms with Crippen LogP contribution < -0.4 is 0 Å². The molecular formula is C2H4N2O4. The Labute approximate surface area is 44.6 Å². The van der Waals surface area contributed by atoms with Crippen LogP contribution in [0.25, 0.3) is 0 Å². The lowest BCUT2D eigenvalue weighted by molar-refractivity contribution is 0.0498. The van der Waals surface area contributed by atoms with Crippen molar-refractivity contribution >= 4 is 0 Å². The van der Waals surface area contributed by atoms with Gasteiger partial charge >= 0.3 is 0 Å². The number of hydrogen-bond acceptors (Lipinski definition) is 6. The van der Waals surface area contributed by atoms with Crippen LogP contribution >= 0.6 is 0 Å². The van der Waals surface area contributed by atoms with Gasteiger partial charge in [-0.1, -0.05) is 0 Å². The van der Waals surface area contributed by atoms with Gasteiger partial charge in [-0.2, -0.15) is 0 Å². The zero-order chi connectivity index (χ0) is 6.24. The summed E-state index contributed by atoms with van der Waals surface area (Å²) >= 11 is 0. The summed E-state index contributed by atoms with van der Waals surface area (Å²) in [4.78, 5) is 26.0. The molecule has 46 valence electrons. The molecule has 0 aliphatic rings. The maximum absolute atomic E-state index is 9.13. The Kier molecular flexibility index (Phi) is 4.93. The highest BCUT2D eigenvalue weighted by Crippen LogP contribution is 1.76. The van der Waals surface area contributed by atoms with Gasteiger partial charge in [0.1, 0.15) is 0 Å². The molecule has 6 heteroatoms. The molecule has 0 aliphatic carbocycles. The van der Waals surface area contributed by atoms with Gasteiger partial charge in [0.2, 0.25) is 0 Å². The third-order valence-corrected chi connectivity index (χ3v) is 0.371. The van der Waals surface area contributed by atoms with Gasteiger partial charge in [-0.15, -0.1) is 9.81 Å². The van der Waals surface area contributed by atoms with E-state index in [2.05, 4.69) is 9.68 Å². The molecule has 0 saturated heterocycles. The molecule has 0 radical (unpaired) electrons. The van der Waals surface area contributed by atoms with Crippen LogP contribution in [-0.4, -0.2) is 13.2 Å². The monoisotopic (exact) mass is 120 g/mol. The Morgan fingerprint density at radius 3 is 1.62 bits per heavy atom. The van der Waals surface area contributed by atoms with Gasteiger partial charge in [-0.05, 0) is 0 Å². The predicted molar refractivity (Wildman–Crippen MR) is 23.5 cm³/mol. The summed E-state index contributed by atoms with van der Waals surface area (Å²) in [5.74, 6) is 0. The highest BCUT2D eigenvalue weighted by Gasteiger charge is 1.83. The van der Waals surface area contributed by atoms with E-state index in [1.807, 2.05) is 10.7 Å². The minimum Gasteiger partial charge on any atom is -0.360 e. The molecule has 0 fully saturated rings. The number of nitrogens with zero attached hydrogens (tertiary/aromatic N) is 2. The van der Waals surface area contributed by atoms with E-state index in [-0.39, 0.29) is 13.2 Å². The number of rotatable bonds is 5. The lowest BCUT2D eigenvalue weighted by Crippen LogP contribution is -1.95. The molecule has 0 atom stereocenters. The van der Waals surface area contributed by atoms with Crippen LogP contribution in [0, 0.1) is 9.81 Å². The molecular weight excluding hydrogens is 116 g/mol. The predicted octanol–water partition coefficient (Wildman–Crippen LogP) is 0.382. The first-order valence-electron chi connectivity index (χ1n) is 1.81. The molecule has 0 bridgehead atoms. The van der Waals surface area contributed by atoms with Crippen molar-refractivity contribution in [3.05, 3.63) is 9.81 Å².